The second-order valence-corrected chi connectivity index (χ2v) is 7.30. The molecule has 0 saturated carbocycles. The van der Waals surface area contributed by atoms with Gasteiger partial charge >= 0.3 is 0 Å². The molecule has 0 amide bonds. The number of fused-ring (bicyclic) bond motifs is 2. The first-order valence-electron chi connectivity index (χ1n) is 9.31. The molecule has 1 aliphatic rings. The van der Waals surface area contributed by atoms with Crippen LogP contribution in [0.25, 0.3) is 0 Å². The maximum absolute atomic E-state index is 6.40. The van der Waals surface area contributed by atoms with Gasteiger partial charge in [-0.1, -0.05) is 60.7 Å². The molecular weight excluding hydrogens is 318 g/mol. The van der Waals surface area contributed by atoms with Crippen LogP contribution in [-0.4, -0.2) is 32.1 Å². The first-order valence-corrected chi connectivity index (χ1v) is 9.31. The molecule has 0 unspecified atom stereocenters. The summed E-state index contributed by atoms with van der Waals surface area (Å²) < 4.78 is 6.40. The number of hydrogen-bond acceptors (Lipinski definition) is 2. The minimum absolute atomic E-state index is 0.0231. The third-order valence-electron chi connectivity index (χ3n) is 5.33. The average Bonchev–Trinajstić information content (AvgIpc) is 2.65. The van der Waals surface area contributed by atoms with Crippen molar-refractivity contribution in [3.63, 3.8) is 0 Å². The smallest absolute Gasteiger partial charge is 0.108 e. The van der Waals surface area contributed by atoms with E-state index in [4.69, 9.17) is 4.74 Å². The second-order valence-electron chi connectivity index (χ2n) is 7.30. The minimum Gasteiger partial charge on any atom is -0.367 e. The molecule has 2 aromatic carbocycles. The summed E-state index contributed by atoms with van der Waals surface area (Å²) in [5.74, 6) is 0. The van der Waals surface area contributed by atoms with Crippen LogP contribution >= 0.6 is 0 Å². The fraction of sp³-hybridized carbons (Fsp3) is 0.333. The van der Waals surface area contributed by atoms with Gasteiger partial charge in [-0.2, -0.15) is 0 Å². The van der Waals surface area contributed by atoms with Crippen LogP contribution in [0.5, 0.6) is 0 Å². The van der Waals surface area contributed by atoms with E-state index in [1.807, 2.05) is 12.2 Å². The maximum Gasteiger partial charge on any atom is 0.108 e. The average molecular weight is 348 g/mol. The highest BCUT2D eigenvalue weighted by Crippen LogP contribution is 2.51. The third kappa shape index (κ3) is 3.27. The summed E-state index contributed by atoms with van der Waals surface area (Å²) >= 11 is 0. The predicted octanol–water partition coefficient (Wildman–Crippen LogP) is 5.11. The molecule has 2 heteroatoms. The highest BCUT2D eigenvalue weighted by molar-refractivity contribution is 5.56. The molecule has 26 heavy (non-hydrogen) atoms. The molecule has 0 atom stereocenters. The molecule has 0 heterocycles. The number of rotatable bonds is 8. The van der Waals surface area contributed by atoms with E-state index < -0.39 is 0 Å². The number of likely N-dealkylation sites (N-methyl/N-ethyl adjacent to an activating group) is 1. The Balaban J connectivity index is 2.14. The SMILES string of the molecule is C=CCC1(CC=C)c2ccccc2C(OCCN(C)C)c2ccccc21. The number of allylic oxidation sites excluding steroid dienone is 2. The Morgan fingerprint density at radius 3 is 1.88 bits per heavy atom. The van der Waals surface area contributed by atoms with Gasteiger partial charge in [0.25, 0.3) is 0 Å². The predicted molar refractivity (Wildman–Crippen MR) is 110 cm³/mol. The van der Waals surface area contributed by atoms with Crippen LogP contribution in [0.2, 0.25) is 0 Å². The van der Waals surface area contributed by atoms with Gasteiger partial charge in [0.05, 0.1) is 6.61 Å². The summed E-state index contributed by atoms with van der Waals surface area (Å²) in [4.78, 5) is 2.15. The lowest BCUT2D eigenvalue weighted by atomic mass is 9.62. The van der Waals surface area contributed by atoms with Crippen molar-refractivity contribution in [2.45, 2.75) is 24.4 Å². The van der Waals surface area contributed by atoms with E-state index in [1.165, 1.54) is 22.3 Å². The first-order chi connectivity index (χ1) is 12.6. The molecule has 136 valence electrons. The van der Waals surface area contributed by atoms with Crippen molar-refractivity contribution in [1.29, 1.82) is 0 Å². The van der Waals surface area contributed by atoms with Crippen LogP contribution in [-0.2, 0) is 10.2 Å². The van der Waals surface area contributed by atoms with Crippen LogP contribution < -0.4 is 0 Å². The minimum atomic E-state index is -0.113. The van der Waals surface area contributed by atoms with Crippen LogP contribution in [0, 0.1) is 0 Å². The standard InChI is InChI=1S/C24H29NO/c1-5-15-24(16-6-2)21-13-9-7-11-19(21)23(26-18-17-25(3)4)20-12-8-10-14-22(20)24/h5-14,23H,1-2,15-18H2,3-4H3. The van der Waals surface area contributed by atoms with Crippen LogP contribution in [0.3, 0.4) is 0 Å². The highest BCUT2D eigenvalue weighted by atomic mass is 16.5. The fourth-order valence-corrected chi connectivity index (χ4v) is 4.18. The summed E-state index contributed by atoms with van der Waals surface area (Å²) in [6, 6.07) is 17.4. The Morgan fingerprint density at radius 2 is 1.42 bits per heavy atom. The van der Waals surface area contributed by atoms with Gasteiger partial charge in [-0.15, -0.1) is 13.2 Å². The zero-order valence-electron chi connectivity index (χ0n) is 15.9. The van der Waals surface area contributed by atoms with Crippen LogP contribution in [0.1, 0.15) is 41.2 Å². The first kappa shape index (κ1) is 18.6. The summed E-state index contributed by atoms with van der Waals surface area (Å²) in [5.41, 5.74) is 5.11. The molecule has 2 nitrogen and oxygen atoms in total. The van der Waals surface area contributed by atoms with Gasteiger partial charge in [-0.3, -0.25) is 0 Å². The van der Waals surface area contributed by atoms with Gasteiger partial charge in [-0.05, 0) is 49.2 Å². The molecular formula is C24H29NO. The summed E-state index contributed by atoms with van der Waals surface area (Å²) in [5, 5.41) is 0. The number of hydrogen-bond donors (Lipinski definition) is 0. The van der Waals surface area contributed by atoms with Gasteiger partial charge in [0.2, 0.25) is 0 Å². The lowest BCUT2D eigenvalue weighted by molar-refractivity contribution is 0.0639. The number of benzene rings is 2. The van der Waals surface area contributed by atoms with Crippen molar-refractivity contribution < 1.29 is 4.74 Å². The van der Waals surface area contributed by atoms with E-state index in [-0.39, 0.29) is 11.5 Å². The van der Waals surface area contributed by atoms with Crippen molar-refractivity contribution >= 4 is 0 Å². The van der Waals surface area contributed by atoms with Crippen LogP contribution in [0.4, 0.5) is 0 Å². The largest absolute Gasteiger partial charge is 0.367 e. The molecule has 0 N–H and O–H groups in total. The van der Waals surface area contributed by atoms with E-state index in [9.17, 15) is 0 Å². The molecule has 0 bridgehead atoms. The van der Waals surface area contributed by atoms with E-state index >= 15 is 0 Å². The monoisotopic (exact) mass is 347 g/mol. The lowest BCUT2D eigenvalue weighted by Crippen LogP contribution is -2.35. The van der Waals surface area contributed by atoms with Crippen molar-refractivity contribution in [3.8, 4) is 0 Å². The Morgan fingerprint density at radius 1 is 0.923 bits per heavy atom. The molecule has 1 aliphatic carbocycles. The fourth-order valence-electron chi connectivity index (χ4n) is 4.18. The summed E-state index contributed by atoms with van der Waals surface area (Å²) in [6.07, 6.45) is 5.81. The molecule has 0 saturated heterocycles. The van der Waals surface area contributed by atoms with E-state index in [0.717, 1.165) is 19.4 Å². The van der Waals surface area contributed by atoms with Gasteiger partial charge in [0.15, 0.2) is 0 Å². The maximum atomic E-state index is 6.40. The van der Waals surface area contributed by atoms with Crippen molar-refractivity contribution in [2.75, 3.05) is 27.2 Å². The number of nitrogens with zero attached hydrogens (tertiary/aromatic N) is 1. The van der Waals surface area contributed by atoms with Crippen molar-refractivity contribution in [2.24, 2.45) is 0 Å². The normalized spacial score (nSPS) is 15.3. The molecule has 0 spiro atoms. The van der Waals surface area contributed by atoms with Crippen molar-refractivity contribution in [3.05, 3.63) is 96.1 Å². The van der Waals surface area contributed by atoms with E-state index in [1.54, 1.807) is 0 Å². The molecule has 0 radical (unpaired) electrons. The second kappa shape index (κ2) is 8.03. The molecule has 2 aromatic rings. The quantitative estimate of drug-likeness (QED) is 0.616. The zero-order valence-corrected chi connectivity index (χ0v) is 15.9. The van der Waals surface area contributed by atoms with Gasteiger partial charge in [-0.25, -0.2) is 0 Å². The Hall–Kier alpha value is -2.16. The Bertz CT molecular complexity index is 718. The van der Waals surface area contributed by atoms with Crippen LogP contribution in [0.15, 0.2) is 73.8 Å². The molecule has 0 fully saturated rings. The summed E-state index contributed by atoms with van der Waals surface area (Å²) in [7, 11) is 4.15. The van der Waals surface area contributed by atoms with Gasteiger partial charge in [0, 0.05) is 12.0 Å². The summed E-state index contributed by atoms with van der Waals surface area (Å²) in [6.45, 7) is 9.70. The molecule has 3 rings (SSSR count). The Labute approximate surface area is 157 Å². The number of ether oxygens (including phenoxy) is 1. The van der Waals surface area contributed by atoms with E-state index in [0.29, 0.717) is 6.61 Å². The molecule has 0 aromatic heterocycles. The van der Waals surface area contributed by atoms with Crippen molar-refractivity contribution in [1.82, 2.24) is 4.90 Å². The van der Waals surface area contributed by atoms with Gasteiger partial charge in [0.1, 0.15) is 6.10 Å². The topological polar surface area (TPSA) is 12.5 Å². The zero-order chi connectivity index (χ0) is 18.6. The Kier molecular flexibility index (Phi) is 5.75. The highest BCUT2D eigenvalue weighted by Gasteiger charge is 2.42. The third-order valence-corrected chi connectivity index (χ3v) is 5.33. The molecule has 0 aliphatic heterocycles. The van der Waals surface area contributed by atoms with Gasteiger partial charge < -0.3 is 9.64 Å². The lowest BCUT2D eigenvalue weighted by Gasteiger charge is -2.43. The van der Waals surface area contributed by atoms with E-state index in [2.05, 4.69) is 80.7 Å².